The lowest BCUT2D eigenvalue weighted by Crippen LogP contribution is -2.41. The molecule has 0 bridgehead atoms. The maximum Gasteiger partial charge on any atom is 0.238 e. The summed E-state index contributed by atoms with van der Waals surface area (Å²) in [4.78, 5) is 24.2. The van der Waals surface area contributed by atoms with Gasteiger partial charge in [0.2, 0.25) is 11.8 Å². The average molecular weight is 356 g/mol. The Morgan fingerprint density at radius 3 is 2.88 bits per heavy atom. The quantitative estimate of drug-likeness (QED) is 0.650. The van der Waals surface area contributed by atoms with E-state index in [0.29, 0.717) is 11.4 Å². The van der Waals surface area contributed by atoms with Crippen LogP contribution in [0.3, 0.4) is 0 Å². The third-order valence-electron chi connectivity index (χ3n) is 3.36. The van der Waals surface area contributed by atoms with Crippen LogP contribution in [0.5, 0.6) is 0 Å². The van der Waals surface area contributed by atoms with E-state index in [1.807, 2.05) is 31.2 Å². The van der Waals surface area contributed by atoms with Gasteiger partial charge < -0.3 is 15.1 Å². The third-order valence-corrected chi connectivity index (χ3v) is 4.43. The first-order chi connectivity index (χ1) is 12.1. The molecule has 2 N–H and O–H groups in total. The summed E-state index contributed by atoms with van der Waals surface area (Å²) in [6, 6.07) is 10.9. The number of thioether (sulfide) groups is 1. The molecule has 2 amide bonds. The summed E-state index contributed by atoms with van der Waals surface area (Å²) >= 11 is 1.16. The smallest absolute Gasteiger partial charge is 0.238 e. The van der Waals surface area contributed by atoms with Gasteiger partial charge in [0.25, 0.3) is 0 Å². The summed E-state index contributed by atoms with van der Waals surface area (Å²) < 4.78 is 5.10. The normalized spacial score (nSPS) is 19.2. The molecule has 1 atom stereocenters. The second kappa shape index (κ2) is 7.80. The van der Waals surface area contributed by atoms with Gasteiger partial charge in [-0.15, -0.1) is 5.10 Å². The molecule has 128 valence electrons. The average Bonchev–Trinajstić information content (AvgIpc) is 3.10. The number of carbonyl (C=O) groups is 2. The molecule has 0 radical (unpaired) electrons. The summed E-state index contributed by atoms with van der Waals surface area (Å²) in [5, 5.41) is 12.9. The van der Waals surface area contributed by atoms with E-state index < -0.39 is 5.25 Å². The van der Waals surface area contributed by atoms with Crippen LogP contribution in [0.25, 0.3) is 0 Å². The van der Waals surface area contributed by atoms with Crippen molar-refractivity contribution in [2.75, 3.05) is 5.32 Å². The minimum absolute atomic E-state index is 0.0866. The molecule has 2 aromatic rings. The third kappa shape index (κ3) is 4.80. The number of amidine groups is 1. The molecule has 1 aromatic heterocycles. The van der Waals surface area contributed by atoms with Crippen molar-refractivity contribution in [2.24, 2.45) is 10.2 Å². The second-order valence-corrected chi connectivity index (χ2v) is 6.57. The van der Waals surface area contributed by atoms with Gasteiger partial charge in [-0.05, 0) is 31.2 Å². The number of hydrogen-bond acceptors (Lipinski definition) is 6. The number of nitrogens with zero attached hydrogens (tertiary/aromatic N) is 2. The lowest BCUT2D eigenvalue weighted by molar-refractivity contribution is -0.123. The van der Waals surface area contributed by atoms with E-state index in [9.17, 15) is 9.59 Å². The lowest BCUT2D eigenvalue weighted by Gasteiger charge is -2.21. The Hall–Kier alpha value is -2.87. The summed E-state index contributed by atoms with van der Waals surface area (Å²) in [5.74, 6) is 0.0336. The summed E-state index contributed by atoms with van der Waals surface area (Å²) in [6.07, 6.45) is 3.04. The van der Waals surface area contributed by atoms with Crippen LogP contribution in [0.1, 0.15) is 17.7 Å². The van der Waals surface area contributed by atoms with Gasteiger partial charge in [-0.1, -0.05) is 29.5 Å². The summed E-state index contributed by atoms with van der Waals surface area (Å²) in [6.45, 7) is 1.97. The number of aryl methyl sites for hydroxylation is 1. The van der Waals surface area contributed by atoms with Crippen molar-refractivity contribution < 1.29 is 14.0 Å². The number of benzene rings is 1. The Morgan fingerprint density at radius 2 is 2.16 bits per heavy atom. The molecule has 1 aliphatic rings. The Labute approximate surface area is 148 Å². The van der Waals surface area contributed by atoms with Crippen LogP contribution in [0, 0.1) is 6.92 Å². The SMILES string of the molecule is Cc1ccc(NC(=O)[C@@H]2CC(=O)NC(=N/N=C/c3ccco3)S2)cc1. The van der Waals surface area contributed by atoms with Gasteiger partial charge in [0.15, 0.2) is 5.17 Å². The zero-order valence-electron chi connectivity index (χ0n) is 13.4. The number of nitrogens with one attached hydrogen (secondary N) is 2. The van der Waals surface area contributed by atoms with Crippen molar-refractivity contribution >= 4 is 40.6 Å². The van der Waals surface area contributed by atoms with Crippen molar-refractivity contribution in [3.05, 3.63) is 54.0 Å². The monoisotopic (exact) mass is 356 g/mol. The maximum atomic E-state index is 12.4. The lowest BCUT2D eigenvalue weighted by atomic mass is 10.2. The van der Waals surface area contributed by atoms with E-state index in [2.05, 4.69) is 20.8 Å². The summed E-state index contributed by atoms with van der Waals surface area (Å²) in [5.41, 5.74) is 1.80. The van der Waals surface area contributed by atoms with Gasteiger partial charge >= 0.3 is 0 Å². The number of anilines is 1. The molecule has 2 heterocycles. The summed E-state index contributed by atoms with van der Waals surface area (Å²) in [7, 11) is 0. The highest BCUT2D eigenvalue weighted by molar-refractivity contribution is 8.15. The van der Waals surface area contributed by atoms with Crippen molar-refractivity contribution in [1.82, 2.24) is 5.32 Å². The van der Waals surface area contributed by atoms with Crippen LogP contribution < -0.4 is 10.6 Å². The highest BCUT2D eigenvalue weighted by Crippen LogP contribution is 2.22. The minimum atomic E-state index is -0.562. The predicted molar refractivity (Wildman–Crippen MR) is 97.7 cm³/mol. The molecule has 0 saturated carbocycles. The molecule has 1 aliphatic heterocycles. The molecule has 1 aromatic carbocycles. The number of rotatable bonds is 4. The van der Waals surface area contributed by atoms with E-state index in [-0.39, 0.29) is 23.4 Å². The van der Waals surface area contributed by atoms with E-state index in [1.165, 1.54) is 12.5 Å². The van der Waals surface area contributed by atoms with Gasteiger partial charge in [-0.25, -0.2) is 0 Å². The topological polar surface area (TPSA) is 96.1 Å². The largest absolute Gasteiger partial charge is 0.463 e. The zero-order valence-corrected chi connectivity index (χ0v) is 14.2. The van der Waals surface area contributed by atoms with Crippen molar-refractivity contribution in [1.29, 1.82) is 0 Å². The molecular formula is C17H16N4O3S. The fourth-order valence-electron chi connectivity index (χ4n) is 2.10. The van der Waals surface area contributed by atoms with Crippen LogP contribution in [-0.2, 0) is 9.59 Å². The van der Waals surface area contributed by atoms with E-state index >= 15 is 0 Å². The molecule has 3 rings (SSSR count). The predicted octanol–water partition coefficient (Wildman–Crippen LogP) is 2.54. The fourth-order valence-corrected chi connectivity index (χ4v) is 3.04. The van der Waals surface area contributed by atoms with Gasteiger partial charge in [0.1, 0.15) is 11.0 Å². The molecule has 0 spiro atoms. The molecule has 0 aliphatic carbocycles. The molecule has 25 heavy (non-hydrogen) atoms. The first-order valence-corrected chi connectivity index (χ1v) is 8.47. The van der Waals surface area contributed by atoms with Gasteiger partial charge in [0.05, 0.1) is 12.5 Å². The molecule has 8 heteroatoms. The first-order valence-electron chi connectivity index (χ1n) is 7.59. The number of furan rings is 1. The Bertz CT molecular complexity index is 813. The minimum Gasteiger partial charge on any atom is -0.463 e. The number of hydrogen-bond donors (Lipinski definition) is 2. The van der Waals surface area contributed by atoms with Crippen LogP contribution >= 0.6 is 11.8 Å². The number of amides is 2. The van der Waals surface area contributed by atoms with Crippen molar-refractivity contribution in [3.8, 4) is 0 Å². The van der Waals surface area contributed by atoms with Gasteiger partial charge in [-0.3, -0.25) is 9.59 Å². The Kier molecular flexibility index (Phi) is 5.30. The van der Waals surface area contributed by atoms with Crippen molar-refractivity contribution in [2.45, 2.75) is 18.6 Å². The highest BCUT2D eigenvalue weighted by atomic mass is 32.2. The maximum absolute atomic E-state index is 12.4. The van der Waals surface area contributed by atoms with Crippen LogP contribution in [0.2, 0.25) is 0 Å². The van der Waals surface area contributed by atoms with E-state index in [4.69, 9.17) is 4.42 Å². The van der Waals surface area contributed by atoms with Crippen LogP contribution in [0.4, 0.5) is 5.69 Å². The second-order valence-electron chi connectivity index (χ2n) is 5.38. The fraction of sp³-hybridized carbons (Fsp3) is 0.176. The molecular weight excluding hydrogens is 340 g/mol. The zero-order chi connectivity index (χ0) is 17.6. The molecule has 0 unspecified atom stereocenters. The van der Waals surface area contributed by atoms with Crippen molar-refractivity contribution in [3.63, 3.8) is 0 Å². The molecule has 1 saturated heterocycles. The van der Waals surface area contributed by atoms with Gasteiger partial charge in [0, 0.05) is 12.1 Å². The number of carbonyl (C=O) groups excluding carboxylic acids is 2. The van der Waals surface area contributed by atoms with Crippen LogP contribution in [0.15, 0.2) is 57.3 Å². The molecule has 7 nitrogen and oxygen atoms in total. The Morgan fingerprint density at radius 1 is 1.36 bits per heavy atom. The molecule has 1 fully saturated rings. The Balaban J connectivity index is 1.64. The van der Waals surface area contributed by atoms with Crippen LogP contribution in [-0.4, -0.2) is 28.4 Å². The first kappa shape index (κ1) is 17.0. The standard InChI is InChI=1S/C17H16N4O3S/c1-11-4-6-12(7-5-11)19-16(23)14-9-15(22)20-17(25-14)21-18-10-13-3-2-8-24-13/h2-8,10,14H,9H2,1H3,(H,19,23)(H,20,21,22)/b18-10+/t14-/m0/s1. The van der Waals surface area contributed by atoms with E-state index in [0.717, 1.165) is 17.3 Å². The highest BCUT2D eigenvalue weighted by Gasteiger charge is 2.30. The van der Waals surface area contributed by atoms with Gasteiger partial charge in [-0.2, -0.15) is 5.10 Å². The van der Waals surface area contributed by atoms with E-state index in [1.54, 1.807) is 12.1 Å².